The van der Waals surface area contributed by atoms with E-state index in [1.807, 2.05) is 6.07 Å². The van der Waals surface area contributed by atoms with E-state index in [0.717, 1.165) is 29.9 Å². The zero-order valence-electron chi connectivity index (χ0n) is 14.9. The summed E-state index contributed by atoms with van der Waals surface area (Å²) in [5, 5.41) is 3.12. The Hall–Kier alpha value is -1.61. The standard InChI is InChI=1S/C22H28N2O/c25-21-7-8-22(19-3-1-2-4-20(19)23-21)9-11-24(12-10-22)15-18-14-16-5-6-17(18)13-16/h1-6,16-18H,7-15H2,(H,23,25). The van der Waals surface area contributed by atoms with Gasteiger partial charge in [0, 0.05) is 24.1 Å². The Kier molecular flexibility index (Phi) is 3.74. The van der Waals surface area contributed by atoms with E-state index in [2.05, 4.69) is 40.6 Å². The molecule has 5 rings (SSSR count). The minimum atomic E-state index is 0.181. The fourth-order valence-electron chi connectivity index (χ4n) is 5.87. The van der Waals surface area contributed by atoms with Crippen LogP contribution in [-0.2, 0) is 10.2 Å². The first-order chi connectivity index (χ1) is 12.2. The van der Waals surface area contributed by atoms with E-state index in [1.54, 1.807) is 0 Å². The van der Waals surface area contributed by atoms with Gasteiger partial charge in [0.2, 0.25) is 5.91 Å². The third-order valence-electron chi connectivity index (χ3n) is 7.33. The van der Waals surface area contributed by atoms with Crippen molar-refractivity contribution in [1.29, 1.82) is 0 Å². The van der Waals surface area contributed by atoms with E-state index >= 15 is 0 Å². The Balaban J connectivity index is 1.30. The second-order valence-electron chi connectivity index (χ2n) is 8.72. The van der Waals surface area contributed by atoms with Crippen LogP contribution in [-0.4, -0.2) is 30.4 Å². The Morgan fingerprint density at radius 2 is 1.92 bits per heavy atom. The van der Waals surface area contributed by atoms with Gasteiger partial charge in [0.05, 0.1) is 0 Å². The van der Waals surface area contributed by atoms with E-state index in [-0.39, 0.29) is 11.3 Å². The zero-order chi connectivity index (χ0) is 16.9. The minimum Gasteiger partial charge on any atom is -0.326 e. The smallest absolute Gasteiger partial charge is 0.224 e. The van der Waals surface area contributed by atoms with Crippen LogP contribution >= 0.6 is 0 Å². The van der Waals surface area contributed by atoms with Gasteiger partial charge in [-0.1, -0.05) is 30.4 Å². The van der Waals surface area contributed by atoms with Crippen LogP contribution in [0, 0.1) is 17.8 Å². The van der Waals surface area contributed by atoms with Gasteiger partial charge in [0.1, 0.15) is 0 Å². The molecule has 4 aliphatic rings. The predicted octanol–water partition coefficient (Wildman–Crippen LogP) is 3.96. The van der Waals surface area contributed by atoms with Crippen molar-refractivity contribution < 1.29 is 4.79 Å². The summed E-state index contributed by atoms with van der Waals surface area (Å²) in [6, 6.07) is 8.49. The average Bonchev–Trinajstić information content (AvgIpc) is 3.22. The number of anilines is 1. The molecule has 0 radical (unpaired) electrons. The van der Waals surface area contributed by atoms with Gasteiger partial charge < -0.3 is 10.2 Å². The lowest BCUT2D eigenvalue weighted by Gasteiger charge is -2.43. The average molecular weight is 336 g/mol. The van der Waals surface area contributed by atoms with E-state index in [0.29, 0.717) is 6.42 Å². The molecule has 1 saturated carbocycles. The summed E-state index contributed by atoms with van der Waals surface area (Å²) in [5.41, 5.74) is 2.63. The first-order valence-electron chi connectivity index (χ1n) is 10.0. The van der Waals surface area contributed by atoms with Crippen molar-refractivity contribution in [3.63, 3.8) is 0 Å². The van der Waals surface area contributed by atoms with Crippen LogP contribution in [0.4, 0.5) is 5.69 Å². The quantitative estimate of drug-likeness (QED) is 0.829. The van der Waals surface area contributed by atoms with Crippen LogP contribution in [0.1, 0.15) is 44.1 Å². The molecule has 3 heteroatoms. The number of carbonyl (C=O) groups excluding carboxylic acids is 1. The van der Waals surface area contributed by atoms with Crippen molar-refractivity contribution in [3.8, 4) is 0 Å². The summed E-state index contributed by atoms with van der Waals surface area (Å²) in [6.07, 6.45) is 11.8. The molecule has 2 aliphatic heterocycles. The van der Waals surface area contributed by atoms with Gasteiger partial charge in [0.15, 0.2) is 0 Å². The van der Waals surface area contributed by atoms with Crippen molar-refractivity contribution in [2.75, 3.05) is 25.0 Å². The summed E-state index contributed by atoms with van der Waals surface area (Å²) < 4.78 is 0. The van der Waals surface area contributed by atoms with Crippen molar-refractivity contribution in [2.45, 2.75) is 43.9 Å². The number of piperidine rings is 1. The van der Waals surface area contributed by atoms with Crippen LogP contribution in [0.3, 0.4) is 0 Å². The monoisotopic (exact) mass is 336 g/mol. The molecule has 1 saturated heterocycles. The van der Waals surface area contributed by atoms with Gasteiger partial charge in [-0.2, -0.15) is 0 Å². The molecule has 2 aliphatic carbocycles. The van der Waals surface area contributed by atoms with Crippen LogP contribution in [0.5, 0.6) is 0 Å². The number of hydrogen-bond acceptors (Lipinski definition) is 2. The molecule has 1 spiro atoms. The largest absolute Gasteiger partial charge is 0.326 e. The van der Waals surface area contributed by atoms with Gasteiger partial charge in [-0.25, -0.2) is 0 Å². The number of fused-ring (bicyclic) bond motifs is 4. The molecule has 3 atom stereocenters. The summed E-state index contributed by atoms with van der Waals surface area (Å²) >= 11 is 0. The lowest BCUT2D eigenvalue weighted by Crippen LogP contribution is -2.44. The third kappa shape index (κ3) is 2.73. The highest BCUT2D eigenvalue weighted by Crippen LogP contribution is 2.47. The molecule has 25 heavy (non-hydrogen) atoms. The Morgan fingerprint density at radius 3 is 2.68 bits per heavy atom. The summed E-state index contributed by atoms with van der Waals surface area (Å²) in [6.45, 7) is 3.64. The van der Waals surface area contributed by atoms with Crippen molar-refractivity contribution in [1.82, 2.24) is 4.90 Å². The SMILES string of the molecule is O=C1CCC2(CCN(CC3CC4C=CC3C4)CC2)c2ccccc2N1. The Bertz CT molecular complexity index is 702. The molecule has 2 bridgehead atoms. The molecule has 1 N–H and O–H groups in total. The Morgan fingerprint density at radius 1 is 1.08 bits per heavy atom. The molecule has 2 heterocycles. The first-order valence-corrected chi connectivity index (χ1v) is 10.0. The normalized spacial score (nSPS) is 33.3. The number of benzene rings is 1. The maximum Gasteiger partial charge on any atom is 0.224 e. The topological polar surface area (TPSA) is 32.3 Å². The van der Waals surface area contributed by atoms with E-state index < -0.39 is 0 Å². The molecule has 1 aromatic rings. The molecule has 3 unspecified atom stereocenters. The molecule has 1 aromatic carbocycles. The third-order valence-corrected chi connectivity index (χ3v) is 7.33. The number of likely N-dealkylation sites (tertiary alicyclic amines) is 1. The highest BCUT2D eigenvalue weighted by Gasteiger charge is 2.41. The molecule has 1 amide bonds. The van der Waals surface area contributed by atoms with Crippen molar-refractivity contribution >= 4 is 11.6 Å². The van der Waals surface area contributed by atoms with E-state index in [4.69, 9.17) is 0 Å². The minimum absolute atomic E-state index is 0.181. The van der Waals surface area contributed by atoms with Gasteiger partial charge in [0.25, 0.3) is 0 Å². The zero-order valence-corrected chi connectivity index (χ0v) is 14.9. The van der Waals surface area contributed by atoms with Crippen LogP contribution in [0.2, 0.25) is 0 Å². The number of para-hydroxylation sites is 1. The van der Waals surface area contributed by atoms with Crippen LogP contribution < -0.4 is 5.32 Å². The van der Waals surface area contributed by atoms with Gasteiger partial charge in [-0.3, -0.25) is 4.79 Å². The van der Waals surface area contributed by atoms with E-state index in [9.17, 15) is 4.79 Å². The molecule has 0 aromatic heterocycles. The number of carbonyl (C=O) groups is 1. The van der Waals surface area contributed by atoms with Crippen molar-refractivity contribution in [3.05, 3.63) is 42.0 Å². The van der Waals surface area contributed by atoms with Gasteiger partial charge in [-0.05, 0) is 74.6 Å². The Labute approximate surface area is 150 Å². The number of nitrogens with zero attached hydrogens (tertiary/aromatic N) is 1. The molecule has 2 fully saturated rings. The number of allylic oxidation sites excluding steroid dienone is 2. The number of hydrogen-bond donors (Lipinski definition) is 1. The first kappa shape index (κ1) is 15.6. The number of rotatable bonds is 2. The predicted molar refractivity (Wildman–Crippen MR) is 101 cm³/mol. The second kappa shape index (κ2) is 5.98. The molecule has 132 valence electrons. The summed E-state index contributed by atoms with van der Waals surface area (Å²) in [4.78, 5) is 14.8. The van der Waals surface area contributed by atoms with Crippen molar-refractivity contribution in [2.24, 2.45) is 17.8 Å². The fraction of sp³-hybridized carbons (Fsp3) is 0.591. The maximum absolute atomic E-state index is 12.1. The van der Waals surface area contributed by atoms with Gasteiger partial charge in [-0.15, -0.1) is 0 Å². The summed E-state index contributed by atoms with van der Waals surface area (Å²) in [5.74, 6) is 2.78. The number of amides is 1. The highest BCUT2D eigenvalue weighted by molar-refractivity contribution is 5.92. The highest BCUT2D eigenvalue weighted by atomic mass is 16.1. The van der Waals surface area contributed by atoms with E-state index in [1.165, 1.54) is 50.9 Å². The molecular weight excluding hydrogens is 308 g/mol. The lowest BCUT2D eigenvalue weighted by molar-refractivity contribution is -0.116. The number of nitrogens with one attached hydrogen (secondary N) is 1. The van der Waals surface area contributed by atoms with Crippen LogP contribution in [0.25, 0.3) is 0 Å². The molecular formula is C22H28N2O. The van der Waals surface area contributed by atoms with Crippen LogP contribution in [0.15, 0.2) is 36.4 Å². The second-order valence-corrected chi connectivity index (χ2v) is 8.72. The lowest BCUT2D eigenvalue weighted by atomic mass is 9.69. The summed E-state index contributed by atoms with van der Waals surface area (Å²) in [7, 11) is 0. The van der Waals surface area contributed by atoms with Gasteiger partial charge >= 0.3 is 0 Å². The maximum atomic E-state index is 12.1. The molecule has 3 nitrogen and oxygen atoms in total. The fourth-order valence-corrected chi connectivity index (χ4v) is 5.87.